The summed E-state index contributed by atoms with van der Waals surface area (Å²) in [4.78, 5) is 14.4. The van der Waals surface area contributed by atoms with Crippen molar-refractivity contribution in [3.05, 3.63) is 29.3 Å². The summed E-state index contributed by atoms with van der Waals surface area (Å²) < 4.78 is 5.36. The molecule has 24 heavy (non-hydrogen) atoms. The van der Waals surface area contributed by atoms with Crippen LogP contribution in [0, 0.1) is 0 Å². The molecule has 1 amide bonds. The van der Waals surface area contributed by atoms with E-state index in [0.717, 1.165) is 32.5 Å². The summed E-state index contributed by atoms with van der Waals surface area (Å²) in [6, 6.07) is 6.34. The van der Waals surface area contributed by atoms with Gasteiger partial charge in [-0.3, -0.25) is 0 Å². The maximum atomic E-state index is 12.0. The molecule has 0 aliphatic carbocycles. The van der Waals surface area contributed by atoms with Crippen molar-refractivity contribution < 1.29 is 9.53 Å². The van der Waals surface area contributed by atoms with Crippen molar-refractivity contribution >= 4 is 11.8 Å². The molecule has 3 rings (SSSR count). The highest BCUT2D eigenvalue weighted by Crippen LogP contribution is 2.45. The molecule has 1 aromatic carbocycles. The number of alkyl carbamates (subject to hydrolysis) is 1. The molecule has 5 heteroatoms. The van der Waals surface area contributed by atoms with Crippen LogP contribution in [0.3, 0.4) is 0 Å². The third-order valence-electron chi connectivity index (χ3n) is 5.06. The van der Waals surface area contributed by atoms with Gasteiger partial charge >= 0.3 is 6.09 Å². The molecule has 0 saturated carbocycles. The van der Waals surface area contributed by atoms with Gasteiger partial charge in [0.05, 0.1) is 0 Å². The first-order valence-electron chi connectivity index (χ1n) is 8.81. The van der Waals surface area contributed by atoms with E-state index in [4.69, 9.17) is 4.74 Å². The lowest BCUT2D eigenvalue weighted by Crippen LogP contribution is -2.42. The monoisotopic (exact) mass is 331 g/mol. The van der Waals surface area contributed by atoms with Gasteiger partial charge in [0.1, 0.15) is 5.60 Å². The molecule has 0 aromatic heterocycles. The lowest BCUT2D eigenvalue weighted by molar-refractivity contribution is 0.0523. The lowest BCUT2D eigenvalue weighted by atomic mass is 9.72. The van der Waals surface area contributed by atoms with Crippen LogP contribution < -0.4 is 10.6 Å². The Balaban J connectivity index is 1.77. The molecule has 2 aliphatic heterocycles. The highest BCUT2D eigenvalue weighted by molar-refractivity contribution is 5.69. The van der Waals surface area contributed by atoms with Crippen LogP contribution in [0.15, 0.2) is 18.2 Å². The van der Waals surface area contributed by atoms with E-state index in [-0.39, 0.29) is 11.5 Å². The highest BCUT2D eigenvalue weighted by Gasteiger charge is 2.42. The van der Waals surface area contributed by atoms with Gasteiger partial charge in [0.2, 0.25) is 0 Å². The largest absolute Gasteiger partial charge is 0.444 e. The molecule has 2 heterocycles. The number of hydrogen-bond acceptors (Lipinski definition) is 4. The SMILES string of the molecule is CN1CCC2(CC1)CNc1cccc(CNC(=O)OC(C)(C)C)c12. The fraction of sp³-hybridized carbons (Fsp3) is 0.632. The van der Waals surface area contributed by atoms with Crippen LogP contribution in [-0.4, -0.2) is 43.3 Å². The predicted octanol–water partition coefficient (Wildman–Crippen LogP) is 3.10. The summed E-state index contributed by atoms with van der Waals surface area (Å²) in [5.41, 5.74) is 3.55. The van der Waals surface area contributed by atoms with Gasteiger partial charge in [-0.25, -0.2) is 4.79 Å². The number of anilines is 1. The second-order valence-corrected chi connectivity index (χ2v) is 8.13. The van der Waals surface area contributed by atoms with Crippen molar-refractivity contribution in [2.45, 2.75) is 51.2 Å². The Kier molecular flexibility index (Phi) is 4.47. The number of nitrogens with zero attached hydrogens (tertiary/aromatic N) is 1. The van der Waals surface area contributed by atoms with Crippen LogP contribution in [0.1, 0.15) is 44.7 Å². The van der Waals surface area contributed by atoms with Crippen LogP contribution in [-0.2, 0) is 16.7 Å². The van der Waals surface area contributed by atoms with Crippen molar-refractivity contribution in [3.8, 4) is 0 Å². The van der Waals surface area contributed by atoms with E-state index in [0.29, 0.717) is 6.54 Å². The molecule has 0 atom stereocenters. The number of nitrogens with one attached hydrogen (secondary N) is 2. The molecular formula is C19H29N3O2. The topological polar surface area (TPSA) is 53.6 Å². The van der Waals surface area contributed by atoms with Gasteiger partial charge in [-0.15, -0.1) is 0 Å². The number of carbonyl (C=O) groups excluding carboxylic acids is 1. The minimum absolute atomic E-state index is 0.202. The zero-order valence-electron chi connectivity index (χ0n) is 15.2. The molecule has 0 unspecified atom stereocenters. The minimum atomic E-state index is -0.473. The number of likely N-dealkylation sites (tertiary alicyclic amines) is 1. The molecule has 1 aromatic rings. The van der Waals surface area contributed by atoms with Crippen molar-refractivity contribution in [2.75, 3.05) is 32.0 Å². The molecule has 2 aliphatic rings. The fourth-order valence-electron chi connectivity index (χ4n) is 3.83. The summed E-state index contributed by atoms with van der Waals surface area (Å²) in [6.07, 6.45) is 1.96. The molecule has 0 bridgehead atoms. The van der Waals surface area contributed by atoms with Crippen LogP contribution in [0.2, 0.25) is 0 Å². The predicted molar refractivity (Wildman–Crippen MR) is 96.4 cm³/mol. The second-order valence-electron chi connectivity index (χ2n) is 8.13. The van der Waals surface area contributed by atoms with Gasteiger partial charge in [-0.2, -0.15) is 0 Å². The quantitative estimate of drug-likeness (QED) is 0.874. The number of rotatable bonds is 2. The Labute approximate surface area is 144 Å². The second kappa shape index (κ2) is 6.28. The standard InChI is InChI=1S/C19H29N3O2/c1-18(2,3)24-17(23)20-12-14-6-5-7-15-16(14)19(13-21-15)8-10-22(4)11-9-19/h5-7,21H,8-13H2,1-4H3,(H,20,23). The Bertz CT molecular complexity index is 614. The van der Waals surface area contributed by atoms with E-state index in [1.54, 1.807) is 0 Å². The fourth-order valence-corrected chi connectivity index (χ4v) is 3.83. The highest BCUT2D eigenvalue weighted by atomic mass is 16.6. The number of benzene rings is 1. The summed E-state index contributed by atoms with van der Waals surface area (Å²) in [5, 5.41) is 6.50. The van der Waals surface area contributed by atoms with Gasteiger partial charge in [0.15, 0.2) is 0 Å². The third kappa shape index (κ3) is 3.51. The van der Waals surface area contributed by atoms with Crippen LogP contribution in [0.25, 0.3) is 0 Å². The lowest BCUT2D eigenvalue weighted by Gasteiger charge is -2.38. The van der Waals surface area contributed by atoms with Crippen molar-refractivity contribution in [2.24, 2.45) is 0 Å². The van der Waals surface area contributed by atoms with Crippen molar-refractivity contribution in [3.63, 3.8) is 0 Å². The zero-order valence-corrected chi connectivity index (χ0v) is 15.2. The number of hydrogen-bond donors (Lipinski definition) is 2. The molecule has 1 fully saturated rings. The Morgan fingerprint density at radius 3 is 2.71 bits per heavy atom. The number of ether oxygens (including phenoxy) is 1. The number of piperidine rings is 1. The number of amides is 1. The van der Waals surface area contributed by atoms with Gasteiger partial charge in [0, 0.05) is 24.2 Å². The van der Waals surface area contributed by atoms with Gasteiger partial charge in [-0.05, 0) is 70.9 Å². The minimum Gasteiger partial charge on any atom is -0.444 e. The van der Waals surface area contributed by atoms with Gasteiger partial charge in [0.25, 0.3) is 0 Å². The van der Waals surface area contributed by atoms with E-state index >= 15 is 0 Å². The van der Waals surface area contributed by atoms with Crippen LogP contribution in [0.4, 0.5) is 10.5 Å². The smallest absolute Gasteiger partial charge is 0.407 e. The number of carbonyl (C=O) groups is 1. The molecule has 5 nitrogen and oxygen atoms in total. The van der Waals surface area contributed by atoms with Crippen molar-refractivity contribution in [1.82, 2.24) is 10.2 Å². The molecule has 2 N–H and O–H groups in total. The molecular weight excluding hydrogens is 302 g/mol. The van der Waals surface area contributed by atoms with Crippen molar-refractivity contribution in [1.29, 1.82) is 0 Å². The van der Waals surface area contributed by atoms with Crippen LogP contribution in [0.5, 0.6) is 0 Å². The zero-order chi connectivity index (χ0) is 17.4. The van der Waals surface area contributed by atoms with E-state index in [1.165, 1.54) is 16.8 Å². The summed E-state index contributed by atoms with van der Waals surface area (Å²) in [7, 11) is 2.19. The molecule has 1 saturated heterocycles. The first kappa shape index (κ1) is 17.1. The maximum Gasteiger partial charge on any atom is 0.407 e. The molecule has 132 valence electrons. The first-order valence-corrected chi connectivity index (χ1v) is 8.81. The Hall–Kier alpha value is -1.75. The Morgan fingerprint density at radius 1 is 1.33 bits per heavy atom. The van der Waals surface area contributed by atoms with E-state index in [2.05, 4.69) is 40.8 Å². The average molecular weight is 331 g/mol. The Morgan fingerprint density at radius 2 is 2.04 bits per heavy atom. The summed E-state index contributed by atoms with van der Waals surface area (Å²) >= 11 is 0. The summed E-state index contributed by atoms with van der Waals surface area (Å²) in [6.45, 7) is 9.39. The average Bonchev–Trinajstić information content (AvgIpc) is 2.86. The van der Waals surface area contributed by atoms with E-state index in [9.17, 15) is 4.79 Å². The number of fused-ring (bicyclic) bond motifs is 2. The van der Waals surface area contributed by atoms with Gasteiger partial charge < -0.3 is 20.3 Å². The van der Waals surface area contributed by atoms with Crippen LogP contribution >= 0.6 is 0 Å². The van der Waals surface area contributed by atoms with Gasteiger partial charge in [-0.1, -0.05) is 12.1 Å². The molecule has 0 radical (unpaired) electrons. The maximum absolute atomic E-state index is 12.0. The normalized spacial score (nSPS) is 19.7. The van der Waals surface area contributed by atoms with E-state index in [1.807, 2.05) is 20.8 Å². The molecule has 1 spiro atoms. The third-order valence-corrected chi connectivity index (χ3v) is 5.06. The summed E-state index contributed by atoms with van der Waals surface area (Å²) in [5.74, 6) is 0. The van der Waals surface area contributed by atoms with E-state index < -0.39 is 5.60 Å². The first-order chi connectivity index (χ1) is 11.3.